The van der Waals surface area contributed by atoms with E-state index in [1.807, 2.05) is 12.1 Å². The molecule has 1 atom stereocenters. The Balaban J connectivity index is 2.41. The van der Waals surface area contributed by atoms with Crippen molar-refractivity contribution in [3.05, 3.63) is 69.2 Å². The van der Waals surface area contributed by atoms with Gasteiger partial charge >= 0.3 is 0 Å². The van der Waals surface area contributed by atoms with Gasteiger partial charge in [0.15, 0.2) is 0 Å². The van der Waals surface area contributed by atoms with Crippen molar-refractivity contribution in [1.29, 1.82) is 0 Å². The van der Waals surface area contributed by atoms with E-state index in [0.29, 0.717) is 10.0 Å². The summed E-state index contributed by atoms with van der Waals surface area (Å²) in [6, 6.07) is 14.3. The van der Waals surface area contributed by atoms with E-state index in [9.17, 15) is 0 Å². The van der Waals surface area contributed by atoms with Crippen LogP contribution in [0.15, 0.2) is 42.5 Å². The molecule has 106 valence electrons. The summed E-state index contributed by atoms with van der Waals surface area (Å²) in [5, 5.41) is 4.91. The molecule has 0 fully saturated rings. The Morgan fingerprint density at radius 3 is 2.30 bits per heavy atom. The molecule has 1 nitrogen and oxygen atoms in total. The zero-order valence-corrected chi connectivity index (χ0v) is 13.3. The fourth-order valence-electron chi connectivity index (χ4n) is 2.31. The fourth-order valence-corrected chi connectivity index (χ4v) is 2.85. The van der Waals surface area contributed by atoms with E-state index in [0.717, 1.165) is 18.5 Å². The van der Waals surface area contributed by atoms with E-state index >= 15 is 0 Å². The third-order valence-electron chi connectivity index (χ3n) is 3.19. The smallest absolute Gasteiger partial charge is 0.0577 e. The third kappa shape index (κ3) is 3.99. The van der Waals surface area contributed by atoms with E-state index in [2.05, 4.69) is 43.4 Å². The number of rotatable bonds is 5. The molecule has 0 aliphatic carbocycles. The summed E-state index contributed by atoms with van der Waals surface area (Å²) in [6.45, 7) is 5.21. The zero-order chi connectivity index (χ0) is 14.5. The van der Waals surface area contributed by atoms with Gasteiger partial charge in [0.2, 0.25) is 0 Å². The van der Waals surface area contributed by atoms with Crippen LogP contribution in [0.5, 0.6) is 0 Å². The second-order valence-corrected chi connectivity index (χ2v) is 5.88. The number of halogens is 2. The summed E-state index contributed by atoms with van der Waals surface area (Å²) in [4.78, 5) is 0. The topological polar surface area (TPSA) is 12.0 Å². The highest BCUT2D eigenvalue weighted by atomic mass is 35.5. The van der Waals surface area contributed by atoms with Crippen LogP contribution in [0.3, 0.4) is 0 Å². The summed E-state index contributed by atoms with van der Waals surface area (Å²) >= 11 is 12.3. The van der Waals surface area contributed by atoms with Gasteiger partial charge in [-0.25, -0.2) is 0 Å². The van der Waals surface area contributed by atoms with Crippen molar-refractivity contribution < 1.29 is 0 Å². The molecule has 0 spiro atoms. The zero-order valence-electron chi connectivity index (χ0n) is 11.8. The van der Waals surface area contributed by atoms with Crippen molar-refractivity contribution in [3.63, 3.8) is 0 Å². The maximum Gasteiger partial charge on any atom is 0.0577 e. The molecule has 1 unspecified atom stereocenters. The average Bonchev–Trinajstić information content (AvgIpc) is 2.38. The van der Waals surface area contributed by atoms with Gasteiger partial charge in [-0.2, -0.15) is 0 Å². The Hall–Kier alpha value is -1.02. The summed E-state index contributed by atoms with van der Waals surface area (Å²) < 4.78 is 0. The molecule has 0 bridgehead atoms. The molecule has 0 saturated heterocycles. The van der Waals surface area contributed by atoms with Gasteiger partial charge in [0.05, 0.1) is 6.04 Å². The van der Waals surface area contributed by atoms with Crippen molar-refractivity contribution in [2.75, 3.05) is 6.54 Å². The fraction of sp³-hybridized carbons (Fsp3) is 0.294. The lowest BCUT2D eigenvalue weighted by atomic mass is 9.97. The summed E-state index contributed by atoms with van der Waals surface area (Å²) in [5.41, 5.74) is 3.58. The molecule has 0 radical (unpaired) electrons. The predicted octanol–water partition coefficient (Wildman–Crippen LogP) is 5.39. The molecule has 2 rings (SSSR count). The maximum absolute atomic E-state index is 6.13. The van der Waals surface area contributed by atoms with Gasteiger partial charge in [0.1, 0.15) is 0 Å². The van der Waals surface area contributed by atoms with Crippen LogP contribution in [-0.4, -0.2) is 6.54 Å². The summed E-state index contributed by atoms with van der Waals surface area (Å²) in [7, 11) is 0. The number of hydrogen-bond donors (Lipinski definition) is 1. The maximum atomic E-state index is 6.13. The molecule has 0 aliphatic heterocycles. The van der Waals surface area contributed by atoms with Crippen LogP contribution in [0.4, 0.5) is 0 Å². The van der Waals surface area contributed by atoms with Gasteiger partial charge in [-0.1, -0.05) is 60.0 Å². The number of hydrogen-bond acceptors (Lipinski definition) is 1. The Morgan fingerprint density at radius 1 is 1.00 bits per heavy atom. The second kappa shape index (κ2) is 7.12. The van der Waals surface area contributed by atoms with E-state index in [4.69, 9.17) is 23.2 Å². The molecule has 2 aromatic carbocycles. The highest BCUT2D eigenvalue weighted by molar-refractivity contribution is 6.34. The normalized spacial score (nSPS) is 12.4. The van der Waals surface area contributed by atoms with E-state index in [1.165, 1.54) is 11.1 Å². The summed E-state index contributed by atoms with van der Waals surface area (Å²) in [5.74, 6) is 0. The first-order chi connectivity index (χ1) is 9.60. The lowest BCUT2D eigenvalue weighted by Gasteiger charge is -2.20. The molecule has 20 heavy (non-hydrogen) atoms. The highest BCUT2D eigenvalue weighted by Crippen LogP contribution is 2.28. The van der Waals surface area contributed by atoms with Crippen LogP contribution in [-0.2, 0) is 0 Å². The van der Waals surface area contributed by atoms with Crippen LogP contribution in [0.1, 0.15) is 36.1 Å². The van der Waals surface area contributed by atoms with Gasteiger partial charge in [-0.05, 0) is 49.2 Å². The van der Waals surface area contributed by atoms with Crippen molar-refractivity contribution in [3.8, 4) is 0 Å². The SMILES string of the molecule is CCCNC(c1cccc(C)c1)c1cc(Cl)cc(Cl)c1. The van der Waals surface area contributed by atoms with Gasteiger partial charge in [-0.15, -0.1) is 0 Å². The molecule has 3 heteroatoms. The van der Waals surface area contributed by atoms with Gasteiger partial charge in [-0.3, -0.25) is 0 Å². The standard InChI is InChI=1S/C17H19Cl2N/c1-3-7-20-17(13-6-4-5-12(2)8-13)14-9-15(18)11-16(19)10-14/h4-6,8-11,17,20H,3,7H2,1-2H3. The van der Waals surface area contributed by atoms with Crippen LogP contribution < -0.4 is 5.32 Å². The van der Waals surface area contributed by atoms with E-state index in [-0.39, 0.29) is 6.04 Å². The second-order valence-electron chi connectivity index (χ2n) is 5.00. The number of nitrogens with one attached hydrogen (secondary N) is 1. The van der Waals surface area contributed by atoms with E-state index < -0.39 is 0 Å². The largest absolute Gasteiger partial charge is 0.306 e. The van der Waals surface area contributed by atoms with Crippen LogP contribution >= 0.6 is 23.2 Å². The lowest BCUT2D eigenvalue weighted by Crippen LogP contribution is -2.23. The average molecular weight is 308 g/mol. The van der Waals surface area contributed by atoms with Crippen LogP contribution in [0.25, 0.3) is 0 Å². The predicted molar refractivity (Wildman–Crippen MR) is 87.8 cm³/mol. The minimum absolute atomic E-state index is 0.117. The molecule has 0 amide bonds. The number of aryl methyl sites for hydroxylation is 1. The molecular weight excluding hydrogens is 289 g/mol. The molecule has 0 heterocycles. The highest BCUT2D eigenvalue weighted by Gasteiger charge is 2.14. The molecule has 0 saturated carbocycles. The van der Waals surface area contributed by atoms with Gasteiger partial charge < -0.3 is 5.32 Å². The Bertz CT molecular complexity index is 561. The first-order valence-electron chi connectivity index (χ1n) is 6.86. The first-order valence-corrected chi connectivity index (χ1v) is 7.61. The Kier molecular flexibility index (Phi) is 5.47. The Labute approximate surface area is 130 Å². The molecule has 1 N–H and O–H groups in total. The van der Waals surface area contributed by atoms with Crippen molar-refractivity contribution in [2.45, 2.75) is 26.3 Å². The lowest BCUT2D eigenvalue weighted by molar-refractivity contribution is 0.598. The summed E-state index contributed by atoms with van der Waals surface area (Å²) in [6.07, 6.45) is 1.08. The molecular formula is C17H19Cl2N. The molecule has 0 aromatic heterocycles. The van der Waals surface area contributed by atoms with Gasteiger partial charge in [0.25, 0.3) is 0 Å². The third-order valence-corrected chi connectivity index (χ3v) is 3.63. The van der Waals surface area contributed by atoms with Crippen molar-refractivity contribution >= 4 is 23.2 Å². The van der Waals surface area contributed by atoms with Crippen molar-refractivity contribution in [1.82, 2.24) is 5.32 Å². The Morgan fingerprint density at radius 2 is 1.70 bits per heavy atom. The monoisotopic (exact) mass is 307 g/mol. The van der Waals surface area contributed by atoms with Crippen LogP contribution in [0.2, 0.25) is 10.0 Å². The van der Waals surface area contributed by atoms with Gasteiger partial charge in [0, 0.05) is 10.0 Å². The minimum atomic E-state index is 0.117. The van der Waals surface area contributed by atoms with Crippen molar-refractivity contribution in [2.24, 2.45) is 0 Å². The molecule has 2 aromatic rings. The minimum Gasteiger partial charge on any atom is -0.306 e. The molecule has 0 aliphatic rings. The quantitative estimate of drug-likeness (QED) is 0.780. The van der Waals surface area contributed by atoms with Crippen LogP contribution in [0, 0.1) is 6.92 Å². The number of benzene rings is 2. The first kappa shape index (κ1) is 15.4. The van der Waals surface area contributed by atoms with E-state index in [1.54, 1.807) is 6.07 Å².